The zero-order valence-electron chi connectivity index (χ0n) is 68.0. The number of amides is 10. The summed E-state index contributed by atoms with van der Waals surface area (Å²) < 4.78 is 0. The highest BCUT2D eigenvalue weighted by Crippen LogP contribution is 2.33. The Kier molecular flexibility index (Phi) is 38.1. The lowest BCUT2D eigenvalue weighted by Gasteiger charge is -2.35. The van der Waals surface area contributed by atoms with Gasteiger partial charge in [-0.2, -0.15) is 0 Å². The SMILES string of the molecule is CC(=O)CN[C@]1(C)CCCCCC/C=C/CCC[C@@](C)(C(=O)NC(C)C(=O)N[C@@H](C)C(=O)NC(C)C(=O)N[C@@H](C)C(=O)C(=O)[C@H](C)NC[C@H](C)C(N)=O)NC(=O)[C@H](CC2CCC2)CN[C@@H](CCC(N)=O)C(=O)C(=O)C(C)NC(=O)[C@H](Cc2c[nH]c3ccccc23)CC(=O)[C@H](Cc2ccc(C(=O)O)cc2)NC(=O)[C@H](CCC(=O)O)NC1=O. The highest BCUT2D eigenvalue weighted by atomic mass is 16.4. The maximum absolute atomic E-state index is 15.2. The number of Topliss-reactive ketones (excluding diaryl/α,β-unsaturated/α-hetero) is 6. The number of ketones is 6. The molecule has 3 unspecified atom stereocenters. The van der Waals surface area contributed by atoms with Gasteiger partial charge in [0.25, 0.3) is 0 Å². The molecule has 14 atom stereocenters. The van der Waals surface area contributed by atoms with E-state index in [1.807, 2.05) is 12.2 Å². The Labute approximate surface area is 675 Å². The van der Waals surface area contributed by atoms with Crippen LogP contribution in [0.3, 0.4) is 0 Å². The van der Waals surface area contributed by atoms with Crippen molar-refractivity contribution in [1.29, 1.82) is 0 Å². The predicted octanol–water partition coefficient (Wildman–Crippen LogP) is 1.88. The summed E-state index contributed by atoms with van der Waals surface area (Å²) in [6, 6.07) is -0.164. The number of nitrogens with one attached hydrogen (secondary N) is 12. The molecule has 116 heavy (non-hydrogen) atoms. The molecule has 0 spiro atoms. The number of carboxylic acids is 2. The summed E-state index contributed by atoms with van der Waals surface area (Å²) in [6.45, 7) is 13.2. The number of benzene rings is 2. The topological polar surface area (TPSA) is 548 Å². The minimum absolute atomic E-state index is 0.00905. The van der Waals surface area contributed by atoms with E-state index < -0.39 is 209 Å². The number of primary amides is 2. The fourth-order valence-corrected chi connectivity index (χ4v) is 13.4. The van der Waals surface area contributed by atoms with Crippen molar-refractivity contribution in [2.75, 3.05) is 19.6 Å². The van der Waals surface area contributed by atoms with Gasteiger partial charge in [-0.1, -0.05) is 87.9 Å². The van der Waals surface area contributed by atoms with Gasteiger partial charge in [-0.3, -0.25) is 86.8 Å². The molecule has 1 aliphatic carbocycles. The average molecular weight is 1620 g/mol. The normalized spacial score (nSPS) is 23.8. The van der Waals surface area contributed by atoms with Crippen molar-refractivity contribution in [1.82, 2.24) is 63.5 Å². The number of carbonyl (C=O) groups excluding carboxylic acids is 16. The van der Waals surface area contributed by atoms with Gasteiger partial charge in [0.05, 0.1) is 53.8 Å². The Hall–Kier alpha value is -10.7. The third-order valence-corrected chi connectivity index (χ3v) is 21.4. The molecule has 10 amide bonds. The Bertz CT molecular complexity index is 4080. The molecule has 636 valence electrons. The number of fused-ring (bicyclic) bond motifs is 1. The standard InChI is InChI=1S/C82H118N14O20/c1-45(71(84)106)41-85-47(3)67(102)68(103)48(4)89-72(107)50(6)91-73(108)51(7)92-74(109)52(8)93-80(116)82(10)36-21-17-15-13-11-12-14-16-20-35-81(9,88-42-46(2)97)79(115)95-62(32-34-66(100)101)77(112)94-63(38-54-27-29-55(30-28-54)78(113)114)64(98)40-56(39-57-43-86-60-26-19-18-25-59(57)60)75(110)90-49(5)69(104)70(105)61(31-33-65(83)99)87-44-58(76(111)96-82)37-53-23-22-24-53/h13,15,18-19,25-30,43,45,47-53,56,58,61-63,85-88H,11-12,14,16-17,20-24,31-42,44H2,1-10H3,(H2,83,99)(H2,84,106)(H,89,107)(H,90,110)(H,91,108)(H,92,109)(H,93,116)(H,94,112)(H,95,115)(H,96,111)(H,100,101)(H,113,114)/b15-13+/t45-,47-,48-,49?,50?,51-,52?,56+,58+,61-,62-,63-,81+,82-/m0/s1. The number of H-pyrrole nitrogens is 1. The quantitative estimate of drug-likeness (QED) is 0.0323. The third kappa shape index (κ3) is 30.5. The number of aromatic amines is 1. The van der Waals surface area contributed by atoms with Crippen LogP contribution in [0.1, 0.15) is 206 Å². The lowest BCUT2D eigenvalue weighted by Crippen LogP contribution is -2.62. The fraction of sp³-hybridized carbons (Fsp3) is 0.585. The molecule has 18 N–H and O–H groups in total. The molecule has 2 aliphatic rings. The second-order valence-corrected chi connectivity index (χ2v) is 31.4. The second-order valence-electron chi connectivity index (χ2n) is 31.4. The number of para-hydroxylation sites is 1. The molecule has 0 saturated heterocycles. The molecule has 34 heteroatoms. The Balaban J connectivity index is 1.48. The minimum atomic E-state index is -1.77. The number of hydrogen-bond acceptors (Lipinski definition) is 21. The van der Waals surface area contributed by atoms with E-state index in [-0.39, 0.29) is 75.4 Å². The highest BCUT2D eigenvalue weighted by molar-refractivity contribution is 6.41. The molecule has 1 aromatic heterocycles. The molecule has 5 rings (SSSR count). The fourth-order valence-electron chi connectivity index (χ4n) is 13.4. The van der Waals surface area contributed by atoms with Crippen molar-refractivity contribution in [3.63, 3.8) is 0 Å². The molecule has 0 radical (unpaired) electrons. The number of rotatable bonds is 31. The molecule has 2 heterocycles. The van der Waals surface area contributed by atoms with Crippen LogP contribution in [-0.2, 0) is 94.3 Å². The molecule has 3 aromatic rings. The van der Waals surface area contributed by atoms with Crippen LogP contribution in [0.4, 0.5) is 0 Å². The van der Waals surface area contributed by atoms with E-state index in [0.717, 1.165) is 19.3 Å². The summed E-state index contributed by atoms with van der Waals surface area (Å²) in [5.74, 6) is -18.9. The maximum atomic E-state index is 15.2. The van der Waals surface area contributed by atoms with E-state index >= 15 is 9.59 Å². The first-order valence-corrected chi connectivity index (χ1v) is 39.8. The molecule has 1 aliphatic heterocycles. The molecule has 2 aromatic carbocycles. The van der Waals surface area contributed by atoms with Crippen molar-refractivity contribution in [2.45, 2.75) is 263 Å². The van der Waals surface area contributed by atoms with Gasteiger partial charge in [0, 0.05) is 61.3 Å². The average Bonchev–Trinajstić information content (AvgIpc) is 1.44. The van der Waals surface area contributed by atoms with Crippen LogP contribution in [-0.4, -0.2) is 206 Å². The summed E-state index contributed by atoms with van der Waals surface area (Å²) in [4.78, 5) is 249. The molecule has 0 bridgehead atoms. The zero-order valence-corrected chi connectivity index (χ0v) is 68.0. The van der Waals surface area contributed by atoms with Gasteiger partial charge in [0.1, 0.15) is 35.5 Å². The first-order chi connectivity index (χ1) is 54.6. The van der Waals surface area contributed by atoms with E-state index in [1.54, 1.807) is 30.5 Å². The van der Waals surface area contributed by atoms with Gasteiger partial charge in [-0.15, -0.1) is 0 Å². The van der Waals surface area contributed by atoms with E-state index in [1.165, 1.54) is 93.5 Å². The highest BCUT2D eigenvalue weighted by Gasteiger charge is 2.42. The minimum Gasteiger partial charge on any atom is -0.481 e. The van der Waals surface area contributed by atoms with Gasteiger partial charge >= 0.3 is 11.9 Å². The van der Waals surface area contributed by atoms with Gasteiger partial charge < -0.3 is 79.8 Å². The Morgan fingerprint density at radius 3 is 1.79 bits per heavy atom. The van der Waals surface area contributed by atoms with Crippen LogP contribution in [0.15, 0.2) is 66.9 Å². The van der Waals surface area contributed by atoms with Crippen LogP contribution >= 0.6 is 0 Å². The Morgan fingerprint density at radius 1 is 0.603 bits per heavy atom. The number of aromatic nitrogens is 1. The third-order valence-electron chi connectivity index (χ3n) is 21.4. The van der Waals surface area contributed by atoms with Crippen LogP contribution < -0.4 is 70.0 Å². The van der Waals surface area contributed by atoms with E-state index in [2.05, 4.69) is 63.5 Å². The monoisotopic (exact) mass is 1620 g/mol. The van der Waals surface area contributed by atoms with Gasteiger partial charge in [0.15, 0.2) is 5.78 Å². The first kappa shape index (κ1) is 95.8. The van der Waals surface area contributed by atoms with Crippen LogP contribution in [0.5, 0.6) is 0 Å². The summed E-state index contributed by atoms with van der Waals surface area (Å²) in [5.41, 5.74) is 9.06. The summed E-state index contributed by atoms with van der Waals surface area (Å²) in [6.07, 6.45) is 8.81. The molecular weight excluding hydrogens is 1500 g/mol. The molecule has 1 fully saturated rings. The second kappa shape index (κ2) is 46.1. The van der Waals surface area contributed by atoms with E-state index in [4.69, 9.17) is 11.5 Å². The molecular formula is C82H118N14O20. The Morgan fingerprint density at radius 2 is 1.20 bits per heavy atom. The van der Waals surface area contributed by atoms with Crippen molar-refractivity contribution in [3.05, 3.63) is 83.6 Å². The van der Waals surface area contributed by atoms with Crippen LogP contribution in [0, 0.1) is 23.7 Å². The lowest BCUT2D eigenvalue weighted by molar-refractivity contribution is -0.140. The smallest absolute Gasteiger partial charge is 0.335 e. The number of aliphatic carboxylic acids is 1. The van der Waals surface area contributed by atoms with Gasteiger partial charge in [-0.25, -0.2) is 4.79 Å². The number of carboxylic acid groups (broad SMARTS) is 2. The maximum Gasteiger partial charge on any atom is 0.335 e. The zero-order chi connectivity index (χ0) is 86.3. The van der Waals surface area contributed by atoms with Crippen LogP contribution in [0.25, 0.3) is 10.9 Å². The van der Waals surface area contributed by atoms with E-state index in [0.29, 0.717) is 67.0 Å². The molecule has 1 saturated carbocycles. The number of allylic oxidation sites excluding steroid dienone is 2. The summed E-state index contributed by atoms with van der Waals surface area (Å²) in [7, 11) is 0. The van der Waals surface area contributed by atoms with E-state index in [9.17, 15) is 86.9 Å². The number of carbonyl (C=O) groups is 18. The van der Waals surface area contributed by atoms with Gasteiger partial charge in [-0.05, 0) is 168 Å². The lowest BCUT2D eigenvalue weighted by atomic mass is 9.78. The molecule has 34 nitrogen and oxygen atoms in total. The largest absolute Gasteiger partial charge is 0.481 e. The summed E-state index contributed by atoms with van der Waals surface area (Å²) in [5, 5.41) is 50.0. The number of nitrogens with two attached hydrogens (primary N) is 2. The van der Waals surface area contributed by atoms with Gasteiger partial charge in [0.2, 0.25) is 82.2 Å². The van der Waals surface area contributed by atoms with Crippen molar-refractivity contribution >= 4 is 117 Å². The number of aromatic carboxylic acids is 1. The van der Waals surface area contributed by atoms with Crippen molar-refractivity contribution < 1.29 is 96.5 Å². The first-order valence-electron chi connectivity index (χ1n) is 39.8. The summed E-state index contributed by atoms with van der Waals surface area (Å²) >= 11 is 0. The van der Waals surface area contributed by atoms with Crippen molar-refractivity contribution in [3.8, 4) is 0 Å². The van der Waals surface area contributed by atoms with Crippen LogP contribution in [0.2, 0.25) is 0 Å². The van der Waals surface area contributed by atoms with Crippen molar-refractivity contribution in [2.24, 2.45) is 35.1 Å². The predicted molar refractivity (Wildman–Crippen MR) is 427 cm³/mol. The number of hydrogen-bond donors (Lipinski definition) is 16.